The second-order valence-corrected chi connectivity index (χ2v) is 6.46. The molecule has 5 heteroatoms. The Morgan fingerprint density at radius 1 is 1.38 bits per heavy atom. The molecule has 0 unspecified atom stereocenters. The Hall–Kier alpha value is -0.0300. The molecule has 100 valence electrons. The summed E-state index contributed by atoms with van der Waals surface area (Å²) in [7, 11) is 0. The quantitative estimate of drug-likeness (QED) is 0.775. The van der Waals surface area contributed by atoms with Crippen molar-refractivity contribution in [1.29, 1.82) is 0 Å². The van der Waals surface area contributed by atoms with Gasteiger partial charge in [-0.05, 0) is 50.7 Å². The summed E-state index contributed by atoms with van der Waals surface area (Å²) >= 11 is 3.97. The summed E-state index contributed by atoms with van der Waals surface area (Å²) in [6, 6.07) is 0. The highest BCUT2D eigenvalue weighted by Gasteiger charge is 2.12. The van der Waals surface area contributed by atoms with Gasteiger partial charge in [0.15, 0.2) is 0 Å². The minimum Gasteiger partial charge on any atom is -0.444 e. The lowest BCUT2D eigenvalue weighted by atomic mass is 10.2. The zero-order valence-electron chi connectivity index (χ0n) is 11.0. The maximum Gasteiger partial charge on any atom is 0.405 e. The first kappa shape index (κ1) is 18.3. The lowest BCUT2D eigenvalue weighted by molar-refractivity contribution is 0.0600. The fraction of sp³-hybridized carbons (Fsp3) is 0.909. The van der Waals surface area contributed by atoms with Crippen LogP contribution in [0.1, 0.15) is 35.5 Å². The molecule has 0 aromatic heterocycles. The minimum absolute atomic E-state index is 0. The van der Waals surface area contributed by atoms with Crippen LogP contribution >= 0.6 is 23.5 Å². The van der Waals surface area contributed by atoms with Gasteiger partial charge in [0, 0.05) is 1.43 Å². The molecule has 0 aromatic rings. The topological polar surface area (TPSA) is 52.3 Å². The molecule has 0 aromatic carbocycles. The van der Waals surface area contributed by atoms with Crippen LogP contribution in [0.4, 0.5) is 4.79 Å². The van der Waals surface area contributed by atoms with Gasteiger partial charge in [0.2, 0.25) is 0 Å². The Morgan fingerprint density at radius 3 is 2.19 bits per heavy atom. The van der Waals surface area contributed by atoms with E-state index in [1.165, 1.54) is 23.7 Å². The second-order valence-electron chi connectivity index (χ2n) is 4.08. The number of rotatable bonds is 5. The Kier molecular flexibility index (Phi) is 13.1. The van der Waals surface area contributed by atoms with Gasteiger partial charge in [0.1, 0.15) is 5.60 Å². The Morgan fingerprint density at radius 2 is 1.94 bits per heavy atom. The van der Waals surface area contributed by atoms with Crippen molar-refractivity contribution in [2.75, 3.05) is 23.5 Å². The highest BCUT2D eigenvalue weighted by molar-refractivity contribution is 7.99. The maximum atomic E-state index is 10.0. The maximum absolute atomic E-state index is 10.0. The van der Waals surface area contributed by atoms with Crippen LogP contribution in [-0.4, -0.2) is 35.2 Å². The monoisotopic (exact) mass is 269 g/mol. The normalized spacial score (nSPS) is 10.3. The van der Waals surface area contributed by atoms with Crippen molar-refractivity contribution in [2.24, 2.45) is 5.73 Å². The van der Waals surface area contributed by atoms with E-state index in [1.807, 2.05) is 23.5 Å². The van der Waals surface area contributed by atoms with Crippen molar-refractivity contribution in [1.82, 2.24) is 0 Å². The minimum atomic E-state index is -0.725. The fourth-order valence-corrected chi connectivity index (χ4v) is 2.00. The van der Waals surface area contributed by atoms with Gasteiger partial charge in [-0.3, -0.25) is 0 Å². The highest BCUT2D eigenvalue weighted by Crippen LogP contribution is 2.05. The fourth-order valence-electron chi connectivity index (χ4n) is 0.751. The predicted octanol–water partition coefficient (Wildman–Crippen LogP) is 3.62. The molecule has 0 saturated carbocycles. The molecule has 0 fully saturated rings. The third kappa shape index (κ3) is 23.6. The Bertz CT molecular complexity index is 169. The molecule has 0 bridgehead atoms. The van der Waals surface area contributed by atoms with Gasteiger partial charge in [-0.2, -0.15) is 23.5 Å². The average molecular weight is 269 g/mol. The van der Waals surface area contributed by atoms with Crippen LogP contribution in [0.15, 0.2) is 0 Å². The number of carbonyl (C=O) groups excluding carboxylic acids is 1. The smallest absolute Gasteiger partial charge is 0.405 e. The van der Waals surface area contributed by atoms with Gasteiger partial charge in [-0.25, -0.2) is 4.79 Å². The van der Waals surface area contributed by atoms with Crippen molar-refractivity contribution in [3.05, 3.63) is 0 Å². The average Bonchev–Trinajstić information content (AvgIpc) is 2.09. The standard InChI is InChI=1S/C6H14S2.C5H11NO2.H2/c1-3-8-6-4-5-7-2;1-5(2,3)8-4(6)7;/h3-6H2,1-2H3;1-3H3,(H2,6,7);1H. The van der Waals surface area contributed by atoms with Crippen LogP contribution in [0.2, 0.25) is 0 Å². The summed E-state index contributed by atoms with van der Waals surface area (Å²) in [6.07, 6.45) is 2.81. The predicted molar refractivity (Wildman–Crippen MR) is 78.5 cm³/mol. The van der Waals surface area contributed by atoms with E-state index in [2.05, 4.69) is 17.9 Å². The van der Waals surface area contributed by atoms with Crippen molar-refractivity contribution in [3.63, 3.8) is 0 Å². The molecule has 16 heavy (non-hydrogen) atoms. The number of nitrogens with two attached hydrogens (primary N) is 1. The van der Waals surface area contributed by atoms with Crippen LogP contribution in [0.5, 0.6) is 0 Å². The molecule has 3 nitrogen and oxygen atoms in total. The van der Waals surface area contributed by atoms with Gasteiger partial charge in [-0.1, -0.05) is 6.92 Å². The number of hydrogen-bond donors (Lipinski definition) is 1. The van der Waals surface area contributed by atoms with Crippen molar-refractivity contribution in [2.45, 2.75) is 39.7 Å². The summed E-state index contributed by atoms with van der Waals surface area (Å²) < 4.78 is 4.58. The lowest BCUT2D eigenvalue weighted by Gasteiger charge is -2.16. The number of thioether (sulfide) groups is 2. The molecular weight excluding hydrogens is 242 g/mol. The molecule has 0 aliphatic heterocycles. The SMILES string of the molecule is CC(C)(C)OC(N)=O.CCSCCCSC.[HH]. The van der Waals surface area contributed by atoms with E-state index in [1.54, 1.807) is 20.8 Å². The number of primary amides is 1. The second kappa shape index (κ2) is 11.5. The van der Waals surface area contributed by atoms with E-state index in [0.29, 0.717) is 0 Å². The summed E-state index contributed by atoms with van der Waals surface area (Å²) in [5.41, 5.74) is 4.26. The van der Waals surface area contributed by atoms with Crippen LogP contribution in [0.25, 0.3) is 0 Å². The van der Waals surface area contributed by atoms with Crippen molar-refractivity contribution >= 4 is 29.6 Å². The first-order chi connectivity index (χ1) is 7.33. The number of ether oxygens (including phenoxy) is 1. The van der Waals surface area contributed by atoms with E-state index in [0.717, 1.165) is 0 Å². The molecule has 0 atom stereocenters. The first-order valence-electron chi connectivity index (χ1n) is 5.38. The largest absolute Gasteiger partial charge is 0.444 e. The Balaban J connectivity index is -0.000000218. The molecule has 0 saturated heterocycles. The third-order valence-electron chi connectivity index (χ3n) is 1.25. The van der Waals surface area contributed by atoms with Crippen LogP contribution < -0.4 is 5.73 Å². The number of carbonyl (C=O) groups is 1. The molecule has 0 aliphatic rings. The first-order valence-corrected chi connectivity index (χ1v) is 7.93. The van der Waals surface area contributed by atoms with Crippen molar-refractivity contribution in [3.8, 4) is 0 Å². The lowest BCUT2D eigenvalue weighted by Crippen LogP contribution is -2.27. The number of amides is 1. The van der Waals surface area contributed by atoms with E-state index < -0.39 is 11.7 Å². The molecule has 0 aliphatic carbocycles. The highest BCUT2D eigenvalue weighted by atomic mass is 32.2. The summed E-state index contributed by atoms with van der Waals surface area (Å²) in [6.45, 7) is 7.50. The third-order valence-corrected chi connectivity index (χ3v) is 2.93. The van der Waals surface area contributed by atoms with E-state index >= 15 is 0 Å². The van der Waals surface area contributed by atoms with E-state index in [-0.39, 0.29) is 1.43 Å². The van der Waals surface area contributed by atoms with Crippen LogP contribution in [0, 0.1) is 0 Å². The van der Waals surface area contributed by atoms with Gasteiger partial charge >= 0.3 is 6.09 Å². The molecule has 2 N–H and O–H groups in total. The summed E-state index contributed by atoms with van der Waals surface area (Å²) in [5.74, 6) is 3.94. The van der Waals surface area contributed by atoms with Crippen molar-refractivity contribution < 1.29 is 11.0 Å². The molecular formula is C11H27NO2S2. The van der Waals surface area contributed by atoms with E-state index in [9.17, 15) is 4.79 Å². The molecule has 0 radical (unpaired) electrons. The number of hydrogen-bond acceptors (Lipinski definition) is 4. The van der Waals surface area contributed by atoms with Crippen LogP contribution in [-0.2, 0) is 4.74 Å². The Labute approximate surface area is 110 Å². The molecule has 1 amide bonds. The molecule has 0 heterocycles. The van der Waals surface area contributed by atoms with Gasteiger partial charge in [0.05, 0.1) is 0 Å². The molecule has 0 spiro atoms. The zero-order chi connectivity index (χ0) is 13.0. The van der Waals surface area contributed by atoms with E-state index in [4.69, 9.17) is 5.73 Å². The van der Waals surface area contributed by atoms with Crippen LogP contribution in [0.3, 0.4) is 0 Å². The summed E-state index contributed by atoms with van der Waals surface area (Å²) in [5, 5.41) is 0. The van der Waals surface area contributed by atoms with Gasteiger partial charge < -0.3 is 10.5 Å². The molecule has 0 rings (SSSR count). The van der Waals surface area contributed by atoms with Gasteiger partial charge in [0.25, 0.3) is 0 Å². The summed E-state index contributed by atoms with van der Waals surface area (Å²) in [4.78, 5) is 10.0. The zero-order valence-corrected chi connectivity index (χ0v) is 12.7. The van der Waals surface area contributed by atoms with Gasteiger partial charge in [-0.15, -0.1) is 0 Å².